The van der Waals surface area contributed by atoms with Gasteiger partial charge in [0.15, 0.2) is 9.84 Å². The molecule has 7 nitrogen and oxygen atoms in total. The van der Waals surface area contributed by atoms with Gasteiger partial charge in [0.2, 0.25) is 0 Å². The van der Waals surface area contributed by atoms with Gasteiger partial charge in [-0.05, 0) is 32.3 Å². The lowest BCUT2D eigenvalue weighted by molar-refractivity contribution is 0.0240. The molecule has 0 saturated heterocycles. The topological polar surface area (TPSA) is 84.9 Å². The van der Waals surface area contributed by atoms with Crippen molar-refractivity contribution in [3.63, 3.8) is 0 Å². The number of benzene rings is 1. The summed E-state index contributed by atoms with van der Waals surface area (Å²) in [7, 11) is 1.77. The molecule has 0 unspecified atom stereocenters. The first-order chi connectivity index (χ1) is 9.75. The maximum absolute atomic E-state index is 12.0. The van der Waals surface area contributed by atoms with Crippen molar-refractivity contribution in [2.75, 3.05) is 40.6 Å². The second-order valence-corrected chi connectivity index (χ2v) is 6.74. The van der Waals surface area contributed by atoms with Crippen LogP contribution in [0.25, 0.3) is 0 Å². The van der Waals surface area contributed by atoms with Gasteiger partial charge in [0.25, 0.3) is 0 Å². The molecule has 0 fully saturated rings. The van der Waals surface area contributed by atoms with Gasteiger partial charge in [-0.25, -0.2) is 13.2 Å². The number of hydrogen-bond acceptors (Lipinski definition) is 7. The van der Waals surface area contributed by atoms with Crippen molar-refractivity contribution in [3.05, 3.63) is 23.8 Å². The lowest BCUT2D eigenvalue weighted by Gasteiger charge is -2.12. The largest absolute Gasteiger partial charge is 0.496 e. The molecule has 0 aliphatic carbocycles. The van der Waals surface area contributed by atoms with Crippen molar-refractivity contribution in [2.45, 2.75) is 4.90 Å². The third-order valence-electron chi connectivity index (χ3n) is 2.64. The first kappa shape index (κ1) is 20.6. The Morgan fingerprint density at radius 1 is 1.32 bits per heavy atom. The number of ether oxygens (including phenoxy) is 1. The monoisotopic (exact) mass is 352 g/mol. The van der Waals surface area contributed by atoms with Gasteiger partial charge in [0.05, 0.1) is 12.0 Å². The zero-order valence-corrected chi connectivity index (χ0v) is 14.6. The maximum Gasteiger partial charge on any atom is 0.360 e. The molecular formula is C13H21ClN2O5S. The molecule has 9 heteroatoms. The fraction of sp³-hybridized carbons (Fsp3) is 0.462. The number of sulfone groups is 1. The number of nitrogens with one attached hydrogen (secondary N) is 1. The van der Waals surface area contributed by atoms with E-state index in [0.717, 1.165) is 6.26 Å². The average molecular weight is 353 g/mol. The van der Waals surface area contributed by atoms with Crippen LogP contribution in [0.3, 0.4) is 0 Å². The molecule has 1 aromatic carbocycles. The standard InChI is InChI=1S/C13H20N2O5S.ClH/c1-15(2)8-7-14-20-13(16)11-9-10(21(4,17)18)5-6-12(11)19-3;/h5-6,9,14H,7-8H2,1-4H3;1H. The minimum atomic E-state index is -3.41. The third kappa shape index (κ3) is 6.18. The summed E-state index contributed by atoms with van der Waals surface area (Å²) in [6.07, 6.45) is 1.07. The Hall–Kier alpha value is -1.35. The van der Waals surface area contributed by atoms with E-state index in [2.05, 4.69) is 5.48 Å². The predicted octanol–water partition coefficient (Wildman–Crippen LogP) is 0.744. The van der Waals surface area contributed by atoms with Gasteiger partial charge >= 0.3 is 5.97 Å². The minimum Gasteiger partial charge on any atom is -0.496 e. The number of methoxy groups -OCH3 is 1. The lowest BCUT2D eigenvalue weighted by atomic mass is 10.2. The highest BCUT2D eigenvalue weighted by Gasteiger charge is 2.18. The van der Waals surface area contributed by atoms with E-state index >= 15 is 0 Å². The van der Waals surface area contributed by atoms with Gasteiger partial charge in [-0.3, -0.25) is 0 Å². The number of carbonyl (C=O) groups is 1. The quantitative estimate of drug-likeness (QED) is 0.572. The van der Waals surface area contributed by atoms with Crippen molar-refractivity contribution in [3.8, 4) is 5.75 Å². The van der Waals surface area contributed by atoms with Crippen LogP contribution in [0.2, 0.25) is 0 Å². The summed E-state index contributed by atoms with van der Waals surface area (Å²) in [5, 5.41) is 0. The number of rotatable bonds is 7. The molecule has 0 spiro atoms. The van der Waals surface area contributed by atoms with Gasteiger partial charge in [-0.1, -0.05) is 0 Å². The fourth-order valence-corrected chi connectivity index (χ4v) is 2.17. The SMILES string of the molecule is COc1ccc(S(C)(=O)=O)cc1C(=O)ONCCN(C)C.Cl. The molecule has 0 heterocycles. The Morgan fingerprint density at radius 2 is 1.95 bits per heavy atom. The van der Waals surface area contributed by atoms with Crippen LogP contribution in [0, 0.1) is 0 Å². The van der Waals surface area contributed by atoms with Crippen molar-refractivity contribution >= 4 is 28.2 Å². The van der Waals surface area contributed by atoms with Crippen LogP contribution in [0.5, 0.6) is 5.75 Å². The Balaban J connectivity index is 0.00000441. The zero-order valence-electron chi connectivity index (χ0n) is 13.0. The van der Waals surface area contributed by atoms with Crippen molar-refractivity contribution in [1.29, 1.82) is 0 Å². The van der Waals surface area contributed by atoms with E-state index in [9.17, 15) is 13.2 Å². The highest BCUT2D eigenvalue weighted by atomic mass is 35.5. The Kier molecular flexibility index (Phi) is 8.39. The molecule has 0 aromatic heterocycles. The second-order valence-electron chi connectivity index (χ2n) is 4.72. The molecule has 0 aliphatic heterocycles. The Morgan fingerprint density at radius 3 is 2.45 bits per heavy atom. The molecule has 0 aliphatic rings. The molecule has 0 bridgehead atoms. The van der Waals surface area contributed by atoms with Crippen molar-refractivity contribution in [2.24, 2.45) is 0 Å². The first-order valence-corrected chi connectivity index (χ1v) is 8.11. The van der Waals surface area contributed by atoms with Crippen LogP contribution in [0.15, 0.2) is 23.1 Å². The van der Waals surface area contributed by atoms with Gasteiger partial charge in [-0.2, -0.15) is 5.48 Å². The molecule has 0 radical (unpaired) electrons. The van der Waals surface area contributed by atoms with E-state index in [4.69, 9.17) is 9.57 Å². The average Bonchev–Trinajstić information content (AvgIpc) is 2.41. The highest BCUT2D eigenvalue weighted by Crippen LogP contribution is 2.23. The molecule has 0 atom stereocenters. The summed E-state index contributed by atoms with van der Waals surface area (Å²) >= 11 is 0. The van der Waals surface area contributed by atoms with E-state index in [1.54, 1.807) is 0 Å². The van der Waals surface area contributed by atoms with Crippen LogP contribution >= 0.6 is 12.4 Å². The summed E-state index contributed by atoms with van der Waals surface area (Å²) in [6.45, 7) is 1.14. The van der Waals surface area contributed by atoms with E-state index in [1.807, 2.05) is 19.0 Å². The molecular weight excluding hydrogens is 332 g/mol. The smallest absolute Gasteiger partial charge is 0.360 e. The number of nitrogens with zero attached hydrogens (tertiary/aromatic N) is 1. The van der Waals surface area contributed by atoms with Crippen LogP contribution in [-0.2, 0) is 14.7 Å². The van der Waals surface area contributed by atoms with E-state index in [0.29, 0.717) is 13.1 Å². The van der Waals surface area contributed by atoms with Gasteiger partial charge < -0.3 is 14.5 Å². The fourth-order valence-electron chi connectivity index (χ4n) is 1.52. The van der Waals surface area contributed by atoms with Crippen molar-refractivity contribution in [1.82, 2.24) is 10.4 Å². The summed E-state index contributed by atoms with van der Waals surface area (Å²) in [4.78, 5) is 18.8. The molecule has 0 saturated carbocycles. The summed E-state index contributed by atoms with van der Waals surface area (Å²) < 4.78 is 28.1. The number of hydrogen-bond donors (Lipinski definition) is 1. The Labute approximate surface area is 136 Å². The number of hydroxylamine groups is 1. The molecule has 22 heavy (non-hydrogen) atoms. The van der Waals surface area contributed by atoms with Crippen LogP contribution in [-0.4, -0.2) is 59.8 Å². The number of likely N-dealkylation sites (N-methyl/N-ethyl adjacent to an activating group) is 1. The maximum atomic E-state index is 12.0. The minimum absolute atomic E-state index is 0. The summed E-state index contributed by atoms with van der Waals surface area (Å²) in [5.74, 6) is -0.446. The lowest BCUT2D eigenvalue weighted by Crippen LogP contribution is -2.29. The van der Waals surface area contributed by atoms with Gasteiger partial charge in [0.1, 0.15) is 11.3 Å². The third-order valence-corrected chi connectivity index (χ3v) is 3.76. The van der Waals surface area contributed by atoms with E-state index < -0.39 is 15.8 Å². The molecule has 126 valence electrons. The molecule has 1 aromatic rings. The van der Waals surface area contributed by atoms with Crippen molar-refractivity contribution < 1.29 is 22.8 Å². The zero-order chi connectivity index (χ0) is 16.0. The molecule has 1 rings (SSSR count). The molecule has 1 N–H and O–H groups in total. The van der Waals surface area contributed by atoms with Crippen LogP contribution in [0.1, 0.15) is 10.4 Å². The number of halogens is 1. The highest BCUT2D eigenvalue weighted by molar-refractivity contribution is 7.90. The van der Waals surface area contributed by atoms with Crippen LogP contribution in [0.4, 0.5) is 0 Å². The first-order valence-electron chi connectivity index (χ1n) is 6.22. The van der Waals surface area contributed by atoms with E-state index in [1.165, 1.54) is 25.3 Å². The predicted molar refractivity (Wildman–Crippen MR) is 85.3 cm³/mol. The Bertz CT molecular complexity index is 604. The normalized spacial score (nSPS) is 11.0. The summed E-state index contributed by atoms with van der Waals surface area (Å²) in [5.41, 5.74) is 2.58. The van der Waals surface area contributed by atoms with Crippen LogP contribution < -0.4 is 10.2 Å². The second kappa shape index (κ2) is 8.94. The summed E-state index contributed by atoms with van der Waals surface area (Å²) in [6, 6.07) is 4.04. The van der Waals surface area contributed by atoms with E-state index in [-0.39, 0.29) is 28.6 Å². The molecule has 0 amide bonds. The van der Waals surface area contributed by atoms with Gasteiger partial charge in [0, 0.05) is 19.3 Å². The van der Waals surface area contributed by atoms with Gasteiger partial charge in [-0.15, -0.1) is 12.4 Å². The number of carbonyl (C=O) groups excluding carboxylic acids is 1.